The van der Waals surface area contributed by atoms with Crippen molar-refractivity contribution in [2.45, 2.75) is 6.92 Å². The fraction of sp³-hybridized carbons (Fsp3) is 0.0500. The van der Waals surface area contributed by atoms with Gasteiger partial charge in [0.1, 0.15) is 16.8 Å². The van der Waals surface area contributed by atoms with Crippen LogP contribution in [0, 0.1) is 29.6 Å². The predicted molar refractivity (Wildman–Crippen MR) is 98.5 cm³/mol. The molecule has 0 radical (unpaired) electrons. The van der Waals surface area contributed by atoms with Gasteiger partial charge in [0.15, 0.2) is 5.57 Å². The lowest BCUT2D eigenvalue weighted by Crippen LogP contribution is -2.31. The number of hydrogen-bond donors (Lipinski definition) is 0. The average molecular weight is 343 g/mol. The maximum atomic E-state index is 13.0. The van der Waals surface area contributed by atoms with Gasteiger partial charge in [0, 0.05) is 0 Å². The topological polar surface area (TPSA) is 69.6 Å². The summed E-state index contributed by atoms with van der Waals surface area (Å²) in [5.74, 6) is 0. The van der Waals surface area contributed by atoms with Gasteiger partial charge >= 0.3 is 0 Å². The Kier molecular flexibility index (Phi) is 4.61. The Labute approximate surface area is 148 Å². The number of aryl methyl sites for hydroxylation is 1. The monoisotopic (exact) mass is 343 g/mol. The number of benzene rings is 2. The molecule has 0 N–H and O–H groups in total. The van der Waals surface area contributed by atoms with Crippen molar-refractivity contribution in [3.05, 3.63) is 85.3 Å². The van der Waals surface area contributed by atoms with Gasteiger partial charge in [-0.2, -0.15) is 10.5 Å². The van der Waals surface area contributed by atoms with E-state index in [1.165, 1.54) is 4.57 Å². The molecule has 0 aliphatic heterocycles. The van der Waals surface area contributed by atoms with E-state index < -0.39 is 0 Å². The van der Waals surface area contributed by atoms with Crippen LogP contribution in [0.15, 0.2) is 59.4 Å². The Morgan fingerprint density at radius 3 is 2.32 bits per heavy atom. The van der Waals surface area contributed by atoms with Crippen molar-refractivity contribution in [2.24, 2.45) is 0 Å². The lowest BCUT2D eigenvalue weighted by molar-refractivity contribution is 0.975. The third-order valence-corrected chi connectivity index (χ3v) is 4.81. The van der Waals surface area contributed by atoms with E-state index in [0.29, 0.717) is 14.9 Å². The van der Waals surface area contributed by atoms with E-state index in [0.717, 1.165) is 22.5 Å². The summed E-state index contributed by atoms with van der Waals surface area (Å²) in [6.45, 7) is 1.89. The van der Waals surface area contributed by atoms with Gasteiger partial charge in [0.05, 0.1) is 10.2 Å². The average Bonchev–Trinajstić information content (AvgIpc) is 2.94. The molecule has 0 saturated heterocycles. The Morgan fingerprint density at radius 2 is 1.68 bits per heavy atom. The Hall–Kier alpha value is -3.41. The molecule has 3 rings (SSSR count). The number of thiazole rings is 1. The van der Waals surface area contributed by atoms with Crippen LogP contribution < -0.4 is 14.8 Å². The van der Waals surface area contributed by atoms with Crippen LogP contribution >= 0.6 is 11.3 Å². The molecule has 120 valence electrons. The van der Waals surface area contributed by atoms with Crippen LogP contribution in [0.2, 0.25) is 0 Å². The van der Waals surface area contributed by atoms with Gasteiger partial charge in [-0.1, -0.05) is 48.5 Å². The summed E-state index contributed by atoms with van der Waals surface area (Å²) >= 11 is 1.15. The minimum atomic E-state index is -0.235. The van der Waals surface area contributed by atoms with Gasteiger partial charge < -0.3 is 0 Å². The van der Waals surface area contributed by atoms with Crippen molar-refractivity contribution >= 4 is 23.0 Å². The first-order valence-corrected chi connectivity index (χ1v) is 8.36. The Bertz CT molecular complexity index is 1170. The van der Waals surface area contributed by atoms with E-state index in [2.05, 4.69) is 0 Å². The van der Waals surface area contributed by atoms with E-state index in [1.807, 2.05) is 73.7 Å². The molecule has 0 aliphatic carbocycles. The van der Waals surface area contributed by atoms with Crippen LogP contribution in [0.4, 0.5) is 0 Å². The van der Waals surface area contributed by atoms with Crippen molar-refractivity contribution in [1.82, 2.24) is 4.57 Å². The number of para-hydroxylation sites is 1. The summed E-state index contributed by atoms with van der Waals surface area (Å²) in [5.41, 5.74) is 2.15. The molecule has 25 heavy (non-hydrogen) atoms. The molecule has 0 unspecified atom stereocenters. The summed E-state index contributed by atoms with van der Waals surface area (Å²) in [5, 5.41) is 18.6. The standard InChI is InChI=1S/C20H13N3OS/c1-14-7-5-6-10-17(14)23-19(24)18(11-15-8-3-2-4-9-15)25-20(23)16(12-21)13-22/h2-11H,1H3/b18-11+. The molecule has 0 amide bonds. The maximum Gasteiger partial charge on any atom is 0.273 e. The Morgan fingerprint density at radius 1 is 1.04 bits per heavy atom. The van der Waals surface area contributed by atoms with E-state index in [4.69, 9.17) is 0 Å². The zero-order valence-corrected chi connectivity index (χ0v) is 14.2. The van der Waals surface area contributed by atoms with Gasteiger partial charge in [-0.05, 0) is 30.2 Å². The molecule has 0 aliphatic rings. The third kappa shape index (κ3) is 3.14. The number of nitriles is 2. The van der Waals surface area contributed by atoms with Crippen molar-refractivity contribution in [3.8, 4) is 17.8 Å². The van der Waals surface area contributed by atoms with Crippen molar-refractivity contribution in [1.29, 1.82) is 10.5 Å². The second-order valence-electron chi connectivity index (χ2n) is 5.35. The highest BCUT2D eigenvalue weighted by Crippen LogP contribution is 2.10. The normalized spacial score (nSPS) is 10.9. The smallest absolute Gasteiger partial charge is 0.267 e. The van der Waals surface area contributed by atoms with Crippen molar-refractivity contribution < 1.29 is 0 Å². The Balaban J connectivity index is 2.44. The van der Waals surface area contributed by atoms with Gasteiger partial charge in [-0.3, -0.25) is 9.36 Å². The van der Waals surface area contributed by atoms with Crippen LogP contribution in [0.5, 0.6) is 0 Å². The van der Waals surface area contributed by atoms with E-state index >= 15 is 0 Å². The van der Waals surface area contributed by atoms with Gasteiger partial charge in [0.2, 0.25) is 0 Å². The van der Waals surface area contributed by atoms with Gasteiger partial charge in [0.25, 0.3) is 5.56 Å². The summed E-state index contributed by atoms with van der Waals surface area (Å²) in [6, 6.07) is 20.7. The highest BCUT2D eigenvalue weighted by atomic mass is 32.1. The van der Waals surface area contributed by atoms with Crippen molar-refractivity contribution in [3.63, 3.8) is 0 Å². The molecule has 0 spiro atoms. The molecule has 0 atom stereocenters. The first-order valence-electron chi connectivity index (χ1n) is 7.55. The van der Waals surface area contributed by atoms with E-state index in [-0.39, 0.29) is 11.1 Å². The fourth-order valence-electron chi connectivity index (χ4n) is 2.50. The third-order valence-electron chi connectivity index (χ3n) is 3.71. The van der Waals surface area contributed by atoms with Crippen molar-refractivity contribution in [2.75, 3.05) is 0 Å². The van der Waals surface area contributed by atoms with Gasteiger partial charge in [-0.25, -0.2) is 0 Å². The van der Waals surface area contributed by atoms with Crippen LogP contribution in [0.25, 0.3) is 17.3 Å². The number of rotatable bonds is 2. The number of aromatic nitrogens is 1. The molecular formula is C20H13N3OS. The zero-order valence-electron chi connectivity index (χ0n) is 13.4. The van der Waals surface area contributed by atoms with Crippen LogP contribution in [-0.2, 0) is 0 Å². The minimum Gasteiger partial charge on any atom is -0.267 e. The first-order chi connectivity index (χ1) is 12.2. The quantitative estimate of drug-likeness (QED) is 0.716. The highest BCUT2D eigenvalue weighted by molar-refractivity contribution is 7.07. The second kappa shape index (κ2) is 7.00. The lowest BCUT2D eigenvalue weighted by Gasteiger charge is -2.05. The first kappa shape index (κ1) is 16.4. The zero-order chi connectivity index (χ0) is 17.8. The molecule has 1 aromatic heterocycles. The molecule has 5 heteroatoms. The lowest BCUT2D eigenvalue weighted by atomic mass is 10.2. The summed E-state index contributed by atoms with van der Waals surface area (Å²) in [7, 11) is 0. The summed E-state index contributed by atoms with van der Waals surface area (Å²) in [6.07, 6.45) is 1.78. The molecule has 2 aromatic carbocycles. The molecule has 0 saturated carbocycles. The minimum absolute atomic E-state index is 0.0712. The van der Waals surface area contributed by atoms with Gasteiger partial charge in [-0.15, -0.1) is 11.3 Å². The molecule has 0 bridgehead atoms. The maximum absolute atomic E-state index is 13.0. The summed E-state index contributed by atoms with van der Waals surface area (Å²) in [4.78, 5) is 13.0. The highest BCUT2D eigenvalue weighted by Gasteiger charge is 2.12. The summed E-state index contributed by atoms with van der Waals surface area (Å²) < 4.78 is 2.29. The van der Waals surface area contributed by atoms with E-state index in [1.54, 1.807) is 6.08 Å². The van der Waals surface area contributed by atoms with Crippen LogP contribution in [0.3, 0.4) is 0 Å². The second-order valence-corrected chi connectivity index (χ2v) is 6.38. The van der Waals surface area contributed by atoms with E-state index in [9.17, 15) is 15.3 Å². The molecule has 4 nitrogen and oxygen atoms in total. The number of nitrogens with zero attached hydrogens (tertiary/aromatic N) is 3. The molecule has 3 aromatic rings. The number of hydrogen-bond acceptors (Lipinski definition) is 4. The fourth-order valence-corrected chi connectivity index (χ4v) is 3.55. The van der Waals surface area contributed by atoms with Crippen LogP contribution in [-0.4, -0.2) is 4.57 Å². The van der Waals surface area contributed by atoms with Crippen LogP contribution in [0.1, 0.15) is 11.1 Å². The molecule has 0 fully saturated rings. The SMILES string of the molecule is Cc1ccccc1-n1c(=C(C#N)C#N)s/c(=C/c2ccccc2)c1=O. The predicted octanol–water partition coefficient (Wildman–Crippen LogP) is 2.23. The molecular weight excluding hydrogens is 330 g/mol. The molecule has 1 heterocycles. The largest absolute Gasteiger partial charge is 0.273 e.